The highest BCUT2D eigenvalue weighted by Gasteiger charge is 2.15. The lowest BCUT2D eigenvalue weighted by Gasteiger charge is -2.22. The predicted molar refractivity (Wildman–Crippen MR) is 67.1 cm³/mol. The van der Waals surface area contributed by atoms with Gasteiger partial charge in [0.25, 0.3) is 0 Å². The second kappa shape index (κ2) is 5.93. The van der Waals surface area contributed by atoms with Crippen molar-refractivity contribution in [3.05, 3.63) is 17.8 Å². The molecule has 5 heteroatoms. The molecule has 0 radical (unpaired) electrons. The van der Waals surface area contributed by atoms with Crippen LogP contribution in [0.3, 0.4) is 0 Å². The molecule has 5 nitrogen and oxygen atoms in total. The smallest absolute Gasteiger partial charge is 0.151 e. The molecule has 2 heterocycles. The van der Waals surface area contributed by atoms with Crippen molar-refractivity contribution in [1.29, 1.82) is 0 Å². The zero-order chi connectivity index (χ0) is 12.1. The molecule has 0 atom stereocenters. The monoisotopic (exact) mass is 236 g/mol. The molecule has 94 valence electrons. The summed E-state index contributed by atoms with van der Waals surface area (Å²) in [6, 6.07) is 2.08. The van der Waals surface area contributed by atoms with E-state index in [0.29, 0.717) is 0 Å². The molecule has 1 fully saturated rings. The number of aromatic nitrogens is 2. The van der Waals surface area contributed by atoms with E-state index >= 15 is 0 Å². The van der Waals surface area contributed by atoms with E-state index in [0.717, 1.165) is 50.5 Å². The van der Waals surface area contributed by atoms with Crippen LogP contribution in [0.25, 0.3) is 0 Å². The third kappa shape index (κ3) is 3.38. The quantitative estimate of drug-likeness (QED) is 0.817. The first kappa shape index (κ1) is 12.3. The standard InChI is InChI=1S/C12H20N4O/c1-11-9-12(14-13-10-11)16-4-2-3-15(5-6-16)7-8-17/h9-10,17H,2-8H2,1H3. The molecule has 0 saturated carbocycles. The fraction of sp³-hybridized carbons (Fsp3) is 0.667. The van der Waals surface area contributed by atoms with Gasteiger partial charge in [0.2, 0.25) is 0 Å². The summed E-state index contributed by atoms with van der Waals surface area (Å²) in [6.45, 7) is 7.05. The number of anilines is 1. The second-order valence-electron chi connectivity index (χ2n) is 4.50. The van der Waals surface area contributed by atoms with E-state index in [9.17, 15) is 0 Å². The fourth-order valence-corrected chi connectivity index (χ4v) is 2.17. The fourth-order valence-electron chi connectivity index (χ4n) is 2.17. The Morgan fingerprint density at radius 3 is 2.94 bits per heavy atom. The number of aliphatic hydroxyl groups excluding tert-OH is 1. The van der Waals surface area contributed by atoms with E-state index in [1.807, 2.05) is 6.92 Å². The van der Waals surface area contributed by atoms with Crippen LogP contribution in [0.5, 0.6) is 0 Å². The lowest BCUT2D eigenvalue weighted by atomic mass is 10.3. The summed E-state index contributed by atoms with van der Waals surface area (Å²) in [4.78, 5) is 4.57. The third-order valence-electron chi connectivity index (χ3n) is 3.11. The largest absolute Gasteiger partial charge is 0.395 e. The van der Waals surface area contributed by atoms with Gasteiger partial charge in [-0.1, -0.05) is 0 Å². The molecule has 0 aromatic carbocycles. The molecule has 0 amide bonds. The van der Waals surface area contributed by atoms with E-state index in [-0.39, 0.29) is 6.61 Å². The van der Waals surface area contributed by atoms with Crippen molar-refractivity contribution in [3.8, 4) is 0 Å². The number of aryl methyl sites for hydroxylation is 1. The van der Waals surface area contributed by atoms with Gasteiger partial charge in [0.15, 0.2) is 5.82 Å². The van der Waals surface area contributed by atoms with Crippen LogP contribution in [0.15, 0.2) is 12.3 Å². The van der Waals surface area contributed by atoms with Gasteiger partial charge in [-0.3, -0.25) is 4.90 Å². The molecule has 1 aliphatic rings. The van der Waals surface area contributed by atoms with Crippen LogP contribution in [0, 0.1) is 6.92 Å². The molecular formula is C12H20N4O. The highest BCUT2D eigenvalue weighted by atomic mass is 16.3. The highest BCUT2D eigenvalue weighted by molar-refractivity contribution is 5.39. The summed E-state index contributed by atoms with van der Waals surface area (Å²) in [5, 5.41) is 17.1. The maximum atomic E-state index is 8.95. The number of β-amino-alcohol motifs (C(OH)–C–C–N with tert-alkyl or cyclic N) is 1. The van der Waals surface area contributed by atoms with E-state index in [1.54, 1.807) is 6.20 Å². The van der Waals surface area contributed by atoms with E-state index in [2.05, 4.69) is 26.1 Å². The summed E-state index contributed by atoms with van der Waals surface area (Å²) in [6.07, 6.45) is 2.88. The van der Waals surface area contributed by atoms with Crippen LogP contribution in [0.1, 0.15) is 12.0 Å². The van der Waals surface area contributed by atoms with Crippen LogP contribution in [-0.4, -0.2) is 59.5 Å². The maximum absolute atomic E-state index is 8.95. The van der Waals surface area contributed by atoms with Crippen molar-refractivity contribution in [2.75, 3.05) is 44.2 Å². The summed E-state index contributed by atoms with van der Waals surface area (Å²) >= 11 is 0. The number of hydrogen-bond acceptors (Lipinski definition) is 5. The molecule has 1 aliphatic heterocycles. The number of hydrogen-bond donors (Lipinski definition) is 1. The Hall–Kier alpha value is -1.20. The van der Waals surface area contributed by atoms with E-state index < -0.39 is 0 Å². The summed E-state index contributed by atoms with van der Waals surface area (Å²) in [5.41, 5.74) is 1.14. The number of rotatable bonds is 3. The molecular weight excluding hydrogens is 216 g/mol. The van der Waals surface area contributed by atoms with Crippen molar-refractivity contribution >= 4 is 5.82 Å². The van der Waals surface area contributed by atoms with E-state index in [4.69, 9.17) is 5.11 Å². The zero-order valence-electron chi connectivity index (χ0n) is 10.3. The van der Waals surface area contributed by atoms with Gasteiger partial charge < -0.3 is 10.0 Å². The summed E-state index contributed by atoms with van der Waals surface area (Å²) < 4.78 is 0. The molecule has 2 rings (SSSR count). The van der Waals surface area contributed by atoms with Crippen LogP contribution >= 0.6 is 0 Å². The van der Waals surface area contributed by atoms with Gasteiger partial charge in [0, 0.05) is 26.2 Å². The van der Waals surface area contributed by atoms with Crippen molar-refractivity contribution in [2.24, 2.45) is 0 Å². The van der Waals surface area contributed by atoms with Gasteiger partial charge in [0.1, 0.15) is 0 Å². The molecule has 1 saturated heterocycles. The minimum Gasteiger partial charge on any atom is -0.395 e. The molecule has 0 bridgehead atoms. The molecule has 0 spiro atoms. The Bertz CT molecular complexity index is 358. The van der Waals surface area contributed by atoms with Crippen LogP contribution in [0.2, 0.25) is 0 Å². The van der Waals surface area contributed by atoms with Gasteiger partial charge in [-0.15, -0.1) is 5.10 Å². The lowest BCUT2D eigenvalue weighted by Crippen LogP contribution is -2.32. The zero-order valence-corrected chi connectivity index (χ0v) is 10.3. The molecule has 0 unspecified atom stereocenters. The molecule has 1 N–H and O–H groups in total. The number of aliphatic hydroxyl groups is 1. The molecule has 17 heavy (non-hydrogen) atoms. The summed E-state index contributed by atoms with van der Waals surface area (Å²) in [7, 11) is 0. The first-order chi connectivity index (χ1) is 8.29. The minimum absolute atomic E-state index is 0.240. The Kier molecular flexibility index (Phi) is 4.28. The van der Waals surface area contributed by atoms with Gasteiger partial charge in [0.05, 0.1) is 12.8 Å². The Morgan fingerprint density at radius 1 is 1.29 bits per heavy atom. The van der Waals surface area contributed by atoms with Crippen LogP contribution in [0.4, 0.5) is 5.82 Å². The Labute approximate surface area is 102 Å². The van der Waals surface area contributed by atoms with Gasteiger partial charge in [-0.25, -0.2) is 0 Å². The lowest BCUT2D eigenvalue weighted by molar-refractivity contribution is 0.204. The normalized spacial score (nSPS) is 18.1. The first-order valence-corrected chi connectivity index (χ1v) is 6.17. The SMILES string of the molecule is Cc1cnnc(N2CCCN(CCO)CC2)c1. The number of nitrogens with zero attached hydrogens (tertiary/aromatic N) is 4. The first-order valence-electron chi connectivity index (χ1n) is 6.17. The van der Waals surface area contributed by atoms with Crippen molar-refractivity contribution in [3.63, 3.8) is 0 Å². The van der Waals surface area contributed by atoms with Gasteiger partial charge in [-0.2, -0.15) is 5.10 Å². The van der Waals surface area contributed by atoms with Gasteiger partial charge in [-0.05, 0) is 31.5 Å². The van der Waals surface area contributed by atoms with Crippen LogP contribution < -0.4 is 4.90 Å². The van der Waals surface area contributed by atoms with Crippen molar-refractivity contribution < 1.29 is 5.11 Å². The summed E-state index contributed by atoms with van der Waals surface area (Å²) in [5.74, 6) is 0.968. The maximum Gasteiger partial charge on any atom is 0.151 e. The molecule has 0 aliphatic carbocycles. The van der Waals surface area contributed by atoms with E-state index in [1.165, 1.54) is 0 Å². The van der Waals surface area contributed by atoms with Crippen LogP contribution in [-0.2, 0) is 0 Å². The Morgan fingerprint density at radius 2 is 2.18 bits per heavy atom. The van der Waals surface area contributed by atoms with Crippen molar-refractivity contribution in [1.82, 2.24) is 15.1 Å². The molecule has 1 aromatic heterocycles. The average molecular weight is 236 g/mol. The Balaban J connectivity index is 1.99. The third-order valence-corrected chi connectivity index (χ3v) is 3.11. The predicted octanol–water partition coefficient (Wildman–Crippen LogP) is 0.289. The average Bonchev–Trinajstić information content (AvgIpc) is 2.55. The van der Waals surface area contributed by atoms with Crippen molar-refractivity contribution in [2.45, 2.75) is 13.3 Å². The highest BCUT2D eigenvalue weighted by Crippen LogP contribution is 2.13. The minimum atomic E-state index is 0.240. The molecule has 1 aromatic rings. The van der Waals surface area contributed by atoms with Gasteiger partial charge >= 0.3 is 0 Å². The topological polar surface area (TPSA) is 52.5 Å². The second-order valence-corrected chi connectivity index (χ2v) is 4.50.